The first-order valence-corrected chi connectivity index (χ1v) is 18.7. The Morgan fingerprint density at radius 3 is 1.53 bits per heavy atom. The molecule has 1 aliphatic rings. The summed E-state index contributed by atoms with van der Waals surface area (Å²) >= 11 is 0. The highest BCUT2D eigenvalue weighted by atomic mass is 15.1. The van der Waals surface area contributed by atoms with E-state index in [4.69, 9.17) is 0 Å². The van der Waals surface area contributed by atoms with Crippen LogP contribution in [0.1, 0.15) is 69.9 Å². The zero-order chi connectivity index (χ0) is 34.8. The predicted molar refractivity (Wildman–Crippen MR) is 219 cm³/mol. The van der Waals surface area contributed by atoms with Gasteiger partial charge in [0.2, 0.25) is 0 Å². The molecule has 0 bridgehead atoms. The van der Waals surface area contributed by atoms with Gasteiger partial charge in [0.25, 0.3) is 0 Å². The van der Waals surface area contributed by atoms with Crippen molar-refractivity contribution in [2.24, 2.45) is 0 Å². The predicted octanol–water partition coefficient (Wildman–Crippen LogP) is 14.7. The van der Waals surface area contributed by atoms with E-state index < -0.39 is 0 Å². The Morgan fingerprint density at radius 2 is 0.922 bits per heavy atom. The second-order valence-electron chi connectivity index (χ2n) is 15.2. The molecule has 51 heavy (non-hydrogen) atoms. The van der Waals surface area contributed by atoms with Crippen LogP contribution in [0.15, 0.2) is 164 Å². The zero-order valence-corrected chi connectivity index (χ0v) is 30.1. The second-order valence-corrected chi connectivity index (χ2v) is 15.2. The number of benzene rings is 7. The SMILES string of the molecule is CC(C)(C)c1ccc(-c2ccccc2N(c2ccccc2-c2ccccc2)c2ccccc2-c2cccc3cccc(C4CCCCC4)c23)cc1. The lowest BCUT2D eigenvalue weighted by Crippen LogP contribution is -2.14. The minimum Gasteiger partial charge on any atom is -0.309 e. The maximum Gasteiger partial charge on any atom is 0.0540 e. The minimum atomic E-state index is 0.0899. The van der Waals surface area contributed by atoms with Crippen LogP contribution < -0.4 is 4.90 Å². The van der Waals surface area contributed by atoms with Crippen molar-refractivity contribution in [2.45, 2.75) is 64.2 Å². The van der Waals surface area contributed by atoms with Gasteiger partial charge >= 0.3 is 0 Å². The molecule has 1 fully saturated rings. The molecule has 0 saturated heterocycles. The first-order valence-electron chi connectivity index (χ1n) is 18.7. The number of hydrogen-bond acceptors (Lipinski definition) is 1. The van der Waals surface area contributed by atoms with Gasteiger partial charge in [-0.3, -0.25) is 0 Å². The third-order valence-corrected chi connectivity index (χ3v) is 10.9. The summed E-state index contributed by atoms with van der Waals surface area (Å²) in [4.78, 5) is 2.52. The van der Waals surface area contributed by atoms with Gasteiger partial charge in [0.15, 0.2) is 0 Å². The lowest BCUT2D eigenvalue weighted by molar-refractivity contribution is 0.445. The fourth-order valence-electron chi connectivity index (χ4n) is 8.23. The summed E-state index contributed by atoms with van der Waals surface area (Å²) in [6.45, 7) is 6.84. The lowest BCUT2D eigenvalue weighted by Gasteiger charge is -2.32. The zero-order valence-electron chi connectivity index (χ0n) is 30.1. The van der Waals surface area contributed by atoms with Crippen molar-refractivity contribution in [3.63, 3.8) is 0 Å². The van der Waals surface area contributed by atoms with E-state index in [2.05, 4.69) is 189 Å². The van der Waals surface area contributed by atoms with Crippen molar-refractivity contribution in [3.05, 3.63) is 175 Å². The molecule has 0 radical (unpaired) electrons. The van der Waals surface area contributed by atoms with E-state index in [9.17, 15) is 0 Å². The van der Waals surface area contributed by atoms with Crippen LogP contribution in [0.3, 0.4) is 0 Å². The molecule has 0 heterocycles. The first kappa shape index (κ1) is 32.8. The fourth-order valence-corrected chi connectivity index (χ4v) is 8.23. The normalized spacial score (nSPS) is 13.7. The Bertz CT molecular complexity index is 2260. The number of anilines is 3. The van der Waals surface area contributed by atoms with Crippen LogP contribution in [0, 0.1) is 0 Å². The molecule has 0 atom stereocenters. The monoisotopic (exact) mass is 661 g/mol. The molecule has 252 valence electrons. The molecule has 0 spiro atoms. The van der Waals surface area contributed by atoms with Crippen molar-refractivity contribution in [2.75, 3.05) is 4.90 Å². The average Bonchev–Trinajstić information content (AvgIpc) is 3.18. The molecule has 0 aromatic heterocycles. The average molecular weight is 662 g/mol. The van der Waals surface area contributed by atoms with Crippen LogP contribution in [-0.2, 0) is 5.41 Å². The van der Waals surface area contributed by atoms with Crippen molar-refractivity contribution >= 4 is 27.8 Å². The van der Waals surface area contributed by atoms with Gasteiger partial charge in [0.05, 0.1) is 17.1 Å². The molecule has 1 heteroatoms. The van der Waals surface area contributed by atoms with Crippen LogP contribution in [0.25, 0.3) is 44.2 Å². The van der Waals surface area contributed by atoms with E-state index in [-0.39, 0.29) is 5.41 Å². The van der Waals surface area contributed by atoms with Crippen LogP contribution >= 0.6 is 0 Å². The summed E-state index contributed by atoms with van der Waals surface area (Å²) < 4.78 is 0. The molecule has 1 saturated carbocycles. The summed E-state index contributed by atoms with van der Waals surface area (Å²) in [5.41, 5.74) is 13.8. The molecular weight excluding hydrogens is 615 g/mol. The van der Waals surface area contributed by atoms with Crippen LogP contribution in [0.5, 0.6) is 0 Å². The molecule has 1 nitrogen and oxygen atoms in total. The third kappa shape index (κ3) is 6.50. The number of para-hydroxylation sites is 3. The maximum atomic E-state index is 2.52. The van der Waals surface area contributed by atoms with E-state index in [1.165, 1.54) is 93.1 Å². The van der Waals surface area contributed by atoms with Crippen molar-refractivity contribution in [3.8, 4) is 33.4 Å². The number of hydrogen-bond donors (Lipinski definition) is 0. The standard InChI is InChI=1S/C50H47N/c1-50(2,3)40-34-32-38(33-35-40)42-25-11-14-30-47(42)51(46-29-13-10-24-41(46)36-18-6-4-7-19-36)48-31-15-12-26-44(48)45-28-17-23-39-22-16-27-43(49(39)45)37-20-8-5-9-21-37/h4,6-7,10-19,22-35,37H,5,8-9,20-21H2,1-3H3. The van der Waals surface area contributed by atoms with E-state index in [1.54, 1.807) is 0 Å². The van der Waals surface area contributed by atoms with Crippen molar-refractivity contribution < 1.29 is 0 Å². The Morgan fingerprint density at radius 1 is 0.431 bits per heavy atom. The van der Waals surface area contributed by atoms with E-state index in [0.717, 1.165) is 11.4 Å². The molecule has 1 aliphatic carbocycles. The minimum absolute atomic E-state index is 0.0899. The molecule has 0 unspecified atom stereocenters. The van der Waals surface area contributed by atoms with Gasteiger partial charge in [0, 0.05) is 16.7 Å². The van der Waals surface area contributed by atoms with Gasteiger partial charge in [-0.25, -0.2) is 0 Å². The Kier molecular flexibility index (Phi) is 9.05. The fraction of sp³-hybridized carbons (Fsp3) is 0.200. The van der Waals surface area contributed by atoms with Crippen molar-refractivity contribution in [1.29, 1.82) is 0 Å². The number of rotatable bonds is 7. The van der Waals surface area contributed by atoms with Crippen LogP contribution in [0.2, 0.25) is 0 Å². The Labute approximate surface area is 304 Å². The molecule has 8 rings (SSSR count). The lowest BCUT2D eigenvalue weighted by atomic mass is 9.80. The molecule has 0 amide bonds. The molecule has 0 N–H and O–H groups in total. The van der Waals surface area contributed by atoms with E-state index in [1.807, 2.05) is 0 Å². The summed E-state index contributed by atoms with van der Waals surface area (Å²) in [6.07, 6.45) is 6.53. The van der Waals surface area contributed by atoms with Gasteiger partial charge < -0.3 is 4.90 Å². The van der Waals surface area contributed by atoms with Crippen molar-refractivity contribution in [1.82, 2.24) is 0 Å². The summed E-state index contributed by atoms with van der Waals surface area (Å²) in [5, 5.41) is 2.72. The van der Waals surface area contributed by atoms with Gasteiger partial charge in [0.1, 0.15) is 0 Å². The van der Waals surface area contributed by atoms with Gasteiger partial charge in [-0.15, -0.1) is 0 Å². The number of fused-ring (bicyclic) bond motifs is 1. The maximum absolute atomic E-state index is 2.52. The topological polar surface area (TPSA) is 3.24 Å². The number of nitrogens with zero attached hydrogens (tertiary/aromatic N) is 1. The van der Waals surface area contributed by atoms with Gasteiger partial charge in [-0.1, -0.05) is 186 Å². The third-order valence-electron chi connectivity index (χ3n) is 10.9. The molecule has 7 aromatic carbocycles. The highest BCUT2D eigenvalue weighted by molar-refractivity contribution is 6.05. The molecule has 0 aliphatic heterocycles. The van der Waals surface area contributed by atoms with E-state index >= 15 is 0 Å². The summed E-state index contributed by atoms with van der Waals surface area (Å²) in [7, 11) is 0. The first-order chi connectivity index (χ1) is 25.0. The molecular formula is C50H47N. The Balaban J connectivity index is 1.39. The highest BCUT2D eigenvalue weighted by Gasteiger charge is 2.25. The highest BCUT2D eigenvalue weighted by Crippen LogP contribution is 2.49. The molecule has 7 aromatic rings. The summed E-state index contributed by atoms with van der Waals surface area (Å²) in [6, 6.07) is 60.8. The Hall–Kier alpha value is -5.40. The quantitative estimate of drug-likeness (QED) is 0.164. The van der Waals surface area contributed by atoms with E-state index in [0.29, 0.717) is 5.92 Å². The van der Waals surface area contributed by atoms with Gasteiger partial charge in [-0.2, -0.15) is 0 Å². The smallest absolute Gasteiger partial charge is 0.0540 e. The largest absolute Gasteiger partial charge is 0.309 e. The second kappa shape index (κ2) is 14.1. The summed E-state index contributed by atoms with van der Waals surface area (Å²) in [5.74, 6) is 0.600. The van der Waals surface area contributed by atoms with Crippen LogP contribution in [-0.4, -0.2) is 0 Å². The van der Waals surface area contributed by atoms with Crippen LogP contribution in [0.4, 0.5) is 17.1 Å². The van der Waals surface area contributed by atoms with Gasteiger partial charge in [-0.05, 0) is 81.0 Å².